The molecule has 0 bridgehead atoms. The van der Waals surface area contributed by atoms with E-state index >= 15 is 0 Å². The van der Waals surface area contributed by atoms with Crippen molar-refractivity contribution in [1.82, 2.24) is 8.10 Å². The van der Waals surface area contributed by atoms with E-state index in [0.29, 0.717) is 10.5 Å². The zero-order chi connectivity index (χ0) is 18.7. The highest BCUT2D eigenvalue weighted by atomic mass is 32.3. The van der Waals surface area contributed by atoms with Crippen LogP contribution in [0, 0.1) is 0 Å². The third-order valence-electron chi connectivity index (χ3n) is 5.27. The number of aromatic nitrogens is 1. The average Bonchev–Trinajstić information content (AvgIpc) is 3.14. The molecule has 1 aromatic carbocycles. The molecular weight excluding hydrogens is 416 g/mol. The lowest BCUT2D eigenvalue weighted by atomic mass is 10.0. The molecule has 27 heavy (non-hydrogen) atoms. The molecule has 0 saturated heterocycles. The lowest BCUT2D eigenvalue weighted by Gasteiger charge is -2.30. The molecule has 0 aliphatic heterocycles. The van der Waals surface area contributed by atoms with Gasteiger partial charge >= 0.3 is 0 Å². The van der Waals surface area contributed by atoms with Gasteiger partial charge in [-0.25, -0.2) is 13.4 Å². The molecule has 2 aliphatic rings. The quantitative estimate of drug-likeness (QED) is 0.495. The van der Waals surface area contributed by atoms with Gasteiger partial charge in [0.1, 0.15) is 0 Å². The highest BCUT2D eigenvalue weighted by molar-refractivity contribution is 8.23. The standard InChI is InChI=1S/C19H26N2O2S4/c22-27(23,19-20-17-13-7-8-14-18(17)24-19)21(25-15-9-3-1-4-10-15)26-16-11-5-2-6-12-16/h7-8,13-16H,1-6,9-12H2. The van der Waals surface area contributed by atoms with E-state index in [0.717, 1.165) is 35.9 Å². The Labute approximate surface area is 174 Å². The zero-order valence-electron chi connectivity index (χ0n) is 15.4. The van der Waals surface area contributed by atoms with Crippen molar-refractivity contribution in [2.75, 3.05) is 0 Å². The van der Waals surface area contributed by atoms with Crippen LogP contribution in [0.5, 0.6) is 0 Å². The summed E-state index contributed by atoms with van der Waals surface area (Å²) in [4.78, 5) is 4.45. The van der Waals surface area contributed by atoms with Gasteiger partial charge in [-0.15, -0.1) is 11.3 Å². The first-order valence-corrected chi connectivity index (χ1v) is 13.8. The molecule has 1 aromatic heterocycles. The predicted octanol–water partition coefficient (Wildman–Crippen LogP) is 6.25. The third-order valence-corrected chi connectivity index (χ3v) is 12.0. The van der Waals surface area contributed by atoms with Gasteiger partial charge in [-0.1, -0.05) is 53.8 Å². The van der Waals surface area contributed by atoms with Crippen LogP contribution >= 0.6 is 35.2 Å². The van der Waals surface area contributed by atoms with E-state index in [1.54, 1.807) is 27.0 Å². The van der Waals surface area contributed by atoms with Crippen LogP contribution in [0.15, 0.2) is 28.6 Å². The van der Waals surface area contributed by atoms with E-state index < -0.39 is 10.0 Å². The molecule has 2 fully saturated rings. The second-order valence-electron chi connectivity index (χ2n) is 7.38. The van der Waals surface area contributed by atoms with Crippen molar-refractivity contribution in [2.45, 2.75) is 79.0 Å². The number of nitrogens with zero attached hydrogens (tertiary/aromatic N) is 2. The van der Waals surface area contributed by atoms with Crippen LogP contribution in [-0.2, 0) is 10.0 Å². The maximum absolute atomic E-state index is 13.5. The molecule has 4 nitrogen and oxygen atoms in total. The SMILES string of the molecule is O=S(=O)(c1nc2ccccc2s1)N(SC1CCCCC1)SC1CCCCC1. The maximum Gasteiger partial charge on any atom is 0.289 e. The summed E-state index contributed by atoms with van der Waals surface area (Å²) in [6, 6.07) is 7.67. The van der Waals surface area contributed by atoms with Crippen LogP contribution in [0.3, 0.4) is 0 Å². The maximum atomic E-state index is 13.5. The van der Waals surface area contributed by atoms with Crippen molar-refractivity contribution in [3.8, 4) is 0 Å². The van der Waals surface area contributed by atoms with Crippen LogP contribution in [0.2, 0.25) is 0 Å². The molecular formula is C19H26N2O2S4. The highest BCUT2D eigenvalue weighted by Gasteiger charge is 2.34. The minimum atomic E-state index is -3.60. The van der Waals surface area contributed by atoms with Gasteiger partial charge in [0.05, 0.1) is 10.2 Å². The normalized spacial score (nSPS) is 20.5. The summed E-state index contributed by atoms with van der Waals surface area (Å²) in [5.74, 6) is 0. The molecule has 0 N–H and O–H groups in total. The summed E-state index contributed by atoms with van der Waals surface area (Å²) >= 11 is 4.38. The molecule has 0 spiro atoms. The number of hydrogen-bond donors (Lipinski definition) is 0. The van der Waals surface area contributed by atoms with Gasteiger partial charge in [0, 0.05) is 10.5 Å². The summed E-state index contributed by atoms with van der Waals surface area (Å²) in [5.41, 5.74) is 0.770. The Hall–Kier alpha value is -0.280. The Morgan fingerprint density at radius 1 is 0.889 bits per heavy atom. The van der Waals surface area contributed by atoms with Gasteiger partial charge in [-0.2, -0.15) is 0 Å². The topological polar surface area (TPSA) is 50.3 Å². The Morgan fingerprint density at radius 3 is 2.00 bits per heavy atom. The van der Waals surface area contributed by atoms with Gasteiger partial charge in [0.2, 0.25) is 4.34 Å². The summed E-state index contributed by atoms with van der Waals surface area (Å²) in [7, 11) is -3.60. The smallest absolute Gasteiger partial charge is 0.224 e. The van der Waals surface area contributed by atoms with Crippen molar-refractivity contribution >= 4 is 55.5 Å². The minimum absolute atomic E-state index is 0.232. The van der Waals surface area contributed by atoms with Crippen LogP contribution in [0.4, 0.5) is 0 Å². The summed E-state index contributed by atoms with van der Waals surface area (Å²) < 4.78 is 29.8. The van der Waals surface area contributed by atoms with E-state index in [4.69, 9.17) is 0 Å². The van der Waals surface area contributed by atoms with Crippen LogP contribution in [0.25, 0.3) is 10.2 Å². The fourth-order valence-corrected chi connectivity index (χ4v) is 10.5. The molecule has 4 rings (SSSR count). The predicted molar refractivity (Wildman–Crippen MR) is 118 cm³/mol. The highest BCUT2D eigenvalue weighted by Crippen LogP contribution is 2.43. The Kier molecular flexibility index (Phi) is 6.69. The third kappa shape index (κ3) is 4.83. The van der Waals surface area contributed by atoms with Crippen LogP contribution < -0.4 is 0 Å². The second-order valence-corrected chi connectivity index (χ2v) is 13.5. The first-order chi connectivity index (χ1) is 13.1. The molecule has 0 unspecified atom stereocenters. The first kappa shape index (κ1) is 20.0. The Balaban J connectivity index is 1.59. The fraction of sp³-hybridized carbons (Fsp3) is 0.632. The number of sulfonamides is 1. The molecule has 2 aliphatic carbocycles. The van der Waals surface area contributed by atoms with Crippen molar-refractivity contribution in [3.05, 3.63) is 24.3 Å². The van der Waals surface area contributed by atoms with Gasteiger partial charge in [0.25, 0.3) is 10.0 Å². The molecule has 2 saturated carbocycles. The van der Waals surface area contributed by atoms with E-state index in [-0.39, 0.29) is 4.34 Å². The molecule has 0 amide bonds. The number of fused-ring (bicyclic) bond motifs is 1. The van der Waals surface area contributed by atoms with Gasteiger partial charge < -0.3 is 0 Å². The van der Waals surface area contributed by atoms with E-state index in [2.05, 4.69) is 4.98 Å². The zero-order valence-corrected chi connectivity index (χ0v) is 18.6. The summed E-state index contributed by atoms with van der Waals surface area (Å²) in [6.45, 7) is 0. The number of hydrogen-bond acceptors (Lipinski definition) is 6. The van der Waals surface area contributed by atoms with E-state index in [1.807, 2.05) is 24.3 Å². The van der Waals surface area contributed by atoms with Gasteiger partial charge in [0.15, 0.2) is 0 Å². The number of para-hydroxylation sites is 1. The van der Waals surface area contributed by atoms with Crippen molar-refractivity contribution in [2.24, 2.45) is 0 Å². The minimum Gasteiger partial charge on any atom is -0.224 e. The number of rotatable bonds is 6. The molecule has 0 radical (unpaired) electrons. The fourth-order valence-electron chi connectivity index (χ4n) is 3.75. The Morgan fingerprint density at radius 2 is 1.44 bits per heavy atom. The monoisotopic (exact) mass is 442 g/mol. The molecule has 148 valence electrons. The number of benzene rings is 1. The lowest BCUT2D eigenvalue weighted by Crippen LogP contribution is -2.26. The van der Waals surface area contributed by atoms with E-state index in [9.17, 15) is 8.42 Å². The summed E-state index contributed by atoms with van der Waals surface area (Å²) in [6.07, 6.45) is 11.8. The van der Waals surface area contributed by atoms with Crippen molar-refractivity contribution in [1.29, 1.82) is 0 Å². The average molecular weight is 443 g/mol. The van der Waals surface area contributed by atoms with Crippen molar-refractivity contribution in [3.63, 3.8) is 0 Å². The van der Waals surface area contributed by atoms with Gasteiger partial charge in [-0.3, -0.25) is 0 Å². The van der Waals surface area contributed by atoms with E-state index in [1.165, 1.54) is 49.9 Å². The summed E-state index contributed by atoms with van der Waals surface area (Å²) in [5, 5.41) is 0.804. The van der Waals surface area contributed by atoms with Gasteiger partial charge in [-0.05, 0) is 61.7 Å². The molecule has 2 aromatic rings. The molecule has 0 atom stereocenters. The Bertz CT molecular complexity index is 802. The second kappa shape index (κ2) is 9.03. The first-order valence-electron chi connectivity index (χ1n) is 9.87. The largest absolute Gasteiger partial charge is 0.289 e. The molecule has 8 heteroatoms. The van der Waals surface area contributed by atoms with Crippen molar-refractivity contribution < 1.29 is 8.42 Å². The molecule has 1 heterocycles. The van der Waals surface area contributed by atoms with Crippen LogP contribution in [-0.4, -0.2) is 27.0 Å². The number of thiazole rings is 1. The van der Waals surface area contributed by atoms with Crippen LogP contribution in [0.1, 0.15) is 64.2 Å². The lowest BCUT2D eigenvalue weighted by molar-refractivity contribution is 0.508.